The molecule has 3 aliphatic heterocycles. The van der Waals surface area contributed by atoms with Crippen molar-refractivity contribution < 1.29 is 24.3 Å². The van der Waals surface area contributed by atoms with E-state index >= 15 is 0 Å². The van der Waals surface area contributed by atoms with Crippen LogP contribution in [0.2, 0.25) is 0 Å². The number of hydrogen-bond donors (Lipinski definition) is 3. The van der Waals surface area contributed by atoms with E-state index in [2.05, 4.69) is 10.6 Å². The Morgan fingerprint density at radius 2 is 1.93 bits per heavy atom. The summed E-state index contributed by atoms with van der Waals surface area (Å²) in [6, 6.07) is 3.19. The van der Waals surface area contributed by atoms with Gasteiger partial charge >= 0.3 is 5.97 Å². The number of unbranched alkanes of at least 4 members (excludes halogenated alkanes) is 1. The average Bonchev–Trinajstić information content (AvgIpc) is 3.27. The highest BCUT2D eigenvalue weighted by Crippen LogP contribution is 2.54. The second kappa shape index (κ2) is 7.19. The van der Waals surface area contributed by atoms with Crippen LogP contribution in [0.5, 0.6) is 0 Å². The number of aliphatic carboxylic acids is 1. The Hall–Kier alpha value is -2.74. The Kier molecular flexibility index (Phi) is 4.92. The molecule has 3 heterocycles. The molecule has 1 spiro atoms. The van der Waals surface area contributed by atoms with Gasteiger partial charge in [0.25, 0.3) is 0 Å². The Morgan fingerprint density at radius 3 is 2.60 bits per heavy atom. The zero-order valence-electron chi connectivity index (χ0n) is 17.4. The number of hydrogen-bond acceptors (Lipinski definition) is 5. The lowest BCUT2D eigenvalue weighted by molar-refractivity contribution is -0.143. The van der Waals surface area contributed by atoms with Crippen molar-refractivity contribution in [3.8, 4) is 0 Å². The van der Waals surface area contributed by atoms with Gasteiger partial charge in [-0.3, -0.25) is 29.4 Å². The summed E-state index contributed by atoms with van der Waals surface area (Å²) in [5.74, 6) is -3.58. The number of carboxylic acids is 1. The Morgan fingerprint density at radius 1 is 1.20 bits per heavy atom. The lowest BCUT2D eigenvalue weighted by atomic mass is 9.76. The fourth-order valence-corrected chi connectivity index (χ4v) is 5.24. The highest BCUT2D eigenvalue weighted by molar-refractivity contribution is 6.15. The van der Waals surface area contributed by atoms with Gasteiger partial charge in [-0.15, -0.1) is 0 Å². The van der Waals surface area contributed by atoms with Crippen molar-refractivity contribution in [3.05, 3.63) is 28.8 Å². The van der Waals surface area contributed by atoms with Gasteiger partial charge in [0.2, 0.25) is 17.7 Å². The van der Waals surface area contributed by atoms with Crippen molar-refractivity contribution in [2.75, 3.05) is 11.9 Å². The van der Waals surface area contributed by atoms with Crippen molar-refractivity contribution in [1.82, 2.24) is 10.2 Å². The van der Waals surface area contributed by atoms with E-state index in [1.807, 2.05) is 32.9 Å². The third kappa shape index (κ3) is 2.70. The molecule has 0 aliphatic carbocycles. The summed E-state index contributed by atoms with van der Waals surface area (Å²) in [5, 5.41) is 15.4. The monoisotopic (exact) mass is 413 g/mol. The first-order valence-corrected chi connectivity index (χ1v) is 10.5. The van der Waals surface area contributed by atoms with Gasteiger partial charge in [0, 0.05) is 30.3 Å². The number of amides is 3. The summed E-state index contributed by atoms with van der Waals surface area (Å²) in [5.41, 5.74) is 1.93. The average molecular weight is 413 g/mol. The summed E-state index contributed by atoms with van der Waals surface area (Å²) in [4.78, 5) is 52.5. The Balaban J connectivity index is 1.83. The summed E-state index contributed by atoms with van der Waals surface area (Å²) >= 11 is 0. The quantitative estimate of drug-likeness (QED) is 0.611. The molecule has 0 radical (unpaired) electrons. The summed E-state index contributed by atoms with van der Waals surface area (Å²) in [6.07, 6.45) is 1.55. The predicted molar refractivity (Wildman–Crippen MR) is 109 cm³/mol. The molecule has 0 saturated carbocycles. The van der Waals surface area contributed by atoms with Crippen LogP contribution in [0.3, 0.4) is 0 Å². The molecule has 160 valence electrons. The van der Waals surface area contributed by atoms with Crippen LogP contribution in [0.4, 0.5) is 5.69 Å². The normalized spacial score (nSPS) is 29.5. The largest absolute Gasteiger partial charge is 0.481 e. The molecule has 2 fully saturated rings. The number of nitrogens with one attached hydrogen (secondary N) is 2. The molecule has 1 aromatic rings. The highest BCUT2D eigenvalue weighted by Gasteiger charge is 2.70. The van der Waals surface area contributed by atoms with Gasteiger partial charge in [-0.2, -0.15) is 0 Å². The first-order chi connectivity index (χ1) is 14.2. The number of aryl methyl sites for hydroxylation is 1. The van der Waals surface area contributed by atoms with Crippen LogP contribution >= 0.6 is 0 Å². The molecular weight excluding hydrogens is 386 g/mol. The van der Waals surface area contributed by atoms with Crippen LogP contribution in [-0.4, -0.2) is 46.3 Å². The van der Waals surface area contributed by atoms with E-state index < -0.39 is 29.4 Å². The highest BCUT2D eigenvalue weighted by atomic mass is 16.4. The first-order valence-electron chi connectivity index (χ1n) is 10.5. The number of anilines is 1. The molecule has 8 heteroatoms. The minimum atomic E-state index is -1.35. The third-order valence-electron chi connectivity index (χ3n) is 6.92. The van der Waals surface area contributed by atoms with Crippen molar-refractivity contribution in [3.63, 3.8) is 0 Å². The van der Waals surface area contributed by atoms with Crippen LogP contribution in [0.1, 0.15) is 49.3 Å². The van der Waals surface area contributed by atoms with Crippen molar-refractivity contribution >= 4 is 29.4 Å². The molecule has 1 aromatic carbocycles. The smallest absolute Gasteiger partial charge is 0.303 e. The van der Waals surface area contributed by atoms with Crippen molar-refractivity contribution in [2.45, 2.75) is 58.0 Å². The molecular formula is C22H27N3O5. The zero-order valence-corrected chi connectivity index (χ0v) is 17.4. The molecule has 3 aliphatic rings. The molecule has 30 heavy (non-hydrogen) atoms. The van der Waals surface area contributed by atoms with Gasteiger partial charge in [0.05, 0.1) is 11.8 Å². The number of nitrogens with zero attached hydrogens (tertiary/aromatic N) is 1. The Bertz CT molecular complexity index is 958. The summed E-state index contributed by atoms with van der Waals surface area (Å²) < 4.78 is 0. The lowest BCUT2D eigenvalue weighted by Crippen LogP contribution is -2.53. The maximum absolute atomic E-state index is 13.4. The molecule has 2 unspecified atom stereocenters. The molecule has 0 bridgehead atoms. The van der Waals surface area contributed by atoms with Gasteiger partial charge in [-0.1, -0.05) is 25.5 Å². The number of carbonyl (C=O) groups excluding carboxylic acids is 3. The second-order valence-electron chi connectivity index (χ2n) is 8.56. The topological polar surface area (TPSA) is 116 Å². The van der Waals surface area contributed by atoms with E-state index in [0.717, 1.165) is 17.5 Å². The third-order valence-corrected chi connectivity index (χ3v) is 6.92. The predicted octanol–water partition coefficient (Wildman–Crippen LogP) is 1.69. The van der Waals surface area contributed by atoms with E-state index in [1.165, 1.54) is 4.90 Å². The number of rotatable bonds is 6. The van der Waals surface area contributed by atoms with Gasteiger partial charge in [-0.05, 0) is 37.8 Å². The number of benzene rings is 1. The van der Waals surface area contributed by atoms with E-state index in [0.29, 0.717) is 24.2 Å². The molecule has 3 N–H and O–H groups in total. The van der Waals surface area contributed by atoms with E-state index in [4.69, 9.17) is 5.11 Å². The number of fused-ring (bicyclic) bond motifs is 4. The maximum Gasteiger partial charge on any atom is 0.303 e. The number of likely N-dealkylation sites (tertiary alicyclic amines) is 1. The standard InChI is InChI=1S/C22H27N3O5/c1-4-5-10-25-19(28)16-14(8-9-15(26)27)24-22(17(16)20(25)29)13-7-6-11(2)12(3)18(13)23-21(22)30/h6-7,14,16-17,24H,4-5,8-10H2,1-3H3,(H,23,30)(H,26,27)/t14?,16-,17+,22?/m1/s1. The van der Waals surface area contributed by atoms with Gasteiger partial charge in [0.1, 0.15) is 5.54 Å². The van der Waals surface area contributed by atoms with E-state index in [9.17, 15) is 19.2 Å². The van der Waals surface area contributed by atoms with E-state index in [1.54, 1.807) is 0 Å². The number of imide groups is 1. The zero-order chi connectivity index (χ0) is 21.8. The molecule has 3 amide bonds. The fourth-order valence-electron chi connectivity index (χ4n) is 5.24. The number of carbonyl (C=O) groups is 4. The summed E-state index contributed by atoms with van der Waals surface area (Å²) in [7, 11) is 0. The minimum Gasteiger partial charge on any atom is -0.481 e. The van der Waals surface area contributed by atoms with Crippen molar-refractivity contribution in [1.29, 1.82) is 0 Å². The van der Waals surface area contributed by atoms with Crippen molar-refractivity contribution in [2.24, 2.45) is 11.8 Å². The van der Waals surface area contributed by atoms with Crippen LogP contribution in [0.25, 0.3) is 0 Å². The SMILES string of the molecule is CCCCN1C(=O)[C@@H]2C(CCC(=O)O)NC3(C(=O)Nc4c3ccc(C)c4C)[C@@H]2C1=O. The first kappa shape index (κ1) is 20.5. The number of carboxylic acid groups (broad SMARTS) is 1. The van der Waals surface area contributed by atoms with Gasteiger partial charge < -0.3 is 10.4 Å². The van der Waals surface area contributed by atoms with Crippen LogP contribution in [-0.2, 0) is 24.7 Å². The van der Waals surface area contributed by atoms with Gasteiger partial charge in [0.15, 0.2) is 0 Å². The van der Waals surface area contributed by atoms with E-state index in [-0.39, 0.29) is 30.6 Å². The molecule has 4 atom stereocenters. The Labute approximate surface area is 175 Å². The molecule has 2 saturated heterocycles. The molecule has 8 nitrogen and oxygen atoms in total. The second-order valence-corrected chi connectivity index (χ2v) is 8.56. The van der Waals surface area contributed by atoms with Crippen LogP contribution in [0, 0.1) is 25.7 Å². The van der Waals surface area contributed by atoms with Crippen LogP contribution in [0.15, 0.2) is 12.1 Å². The van der Waals surface area contributed by atoms with Gasteiger partial charge in [-0.25, -0.2) is 0 Å². The molecule has 0 aromatic heterocycles. The minimum absolute atomic E-state index is 0.144. The summed E-state index contributed by atoms with van der Waals surface area (Å²) in [6.45, 7) is 6.17. The lowest BCUT2D eigenvalue weighted by Gasteiger charge is -2.29. The fraction of sp³-hybridized carbons (Fsp3) is 0.545. The van der Waals surface area contributed by atoms with Crippen LogP contribution < -0.4 is 10.6 Å². The molecule has 4 rings (SSSR count). The maximum atomic E-state index is 13.4.